The van der Waals surface area contributed by atoms with Gasteiger partial charge in [0.25, 0.3) is 0 Å². The van der Waals surface area contributed by atoms with Gasteiger partial charge in [-0.1, -0.05) is 17.3 Å². The van der Waals surface area contributed by atoms with E-state index >= 15 is 0 Å². The van der Waals surface area contributed by atoms with Crippen molar-refractivity contribution in [3.8, 4) is 11.3 Å². The van der Waals surface area contributed by atoms with Gasteiger partial charge in [0, 0.05) is 23.7 Å². The minimum Gasteiger partial charge on any atom is -0.356 e. The maximum Gasteiger partial charge on any atom is 0.167 e. The van der Waals surface area contributed by atoms with Crippen LogP contribution < -0.4 is 5.32 Å². The largest absolute Gasteiger partial charge is 0.356 e. The first-order chi connectivity index (χ1) is 8.85. The highest BCUT2D eigenvalue weighted by molar-refractivity contribution is 5.58. The number of halogens is 1. The van der Waals surface area contributed by atoms with Gasteiger partial charge in [0.05, 0.1) is 5.69 Å². The van der Waals surface area contributed by atoms with Crippen LogP contribution in [0, 0.1) is 12.7 Å². The van der Waals surface area contributed by atoms with Crippen molar-refractivity contribution in [2.75, 3.05) is 0 Å². The second kappa shape index (κ2) is 5.13. The van der Waals surface area contributed by atoms with Gasteiger partial charge >= 0.3 is 0 Å². The Kier molecular flexibility index (Phi) is 3.71. The molecule has 3 nitrogen and oxygen atoms in total. The molecule has 0 spiro atoms. The predicted octanol–water partition coefficient (Wildman–Crippen LogP) is 3.68. The summed E-state index contributed by atoms with van der Waals surface area (Å²) in [6, 6.07) is 6.87. The predicted molar refractivity (Wildman–Crippen MR) is 73.2 cm³/mol. The lowest BCUT2D eigenvalue weighted by atomic mass is 10.1. The summed E-state index contributed by atoms with van der Waals surface area (Å²) in [5.74, 6) is 0.355. The number of hydrogen-bond donors (Lipinski definition) is 1. The van der Waals surface area contributed by atoms with Crippen LogP contribution in [0.5, 0.6) is 0 Å². The summed E-state index contributed by atoms with van der Waals surface area (Å²) in [5.41, 5.74) is 2.16. The molecule has 1 heterocycles. The van der Waals surface area contributed by atoms with Crippen molar-refractivity contribution in [2.45, 2.75) is 39.8 Å². The molecule has 2 aromatic rings. The topological polar surface area (TPSA) is 38.1 Å². The maximum atomic E-state index is 13.5. The van der Waals surface area contributed by atoms with Crippen molar-refractivity contribution in [3.05, 3.63) is 41.3 Å². The average Bonchev–Trinajstić information content (AvgIpc) is 2.78. The van der Waals surface area contributed by atoms with E-state index in [9.17, 15) is 4.39 Å². The van der Waals surface area contributed by atoms with Crippen LogP contribution >= 0.6 is 0 Å². The van der Waals surface area contributed by atoms with Crippen LogP contribution in [0.1, 0.15) is 32.0 Å². The first-order valence-electron chi connectivity index (χ1n) is 6.32. The van der Waals surface area contributed by atoms with Gasteiger partial charge in [-0.25, -0.2) is 4.39 Å². The molecular formula is C15H19FN2O. The fraction of sp³-hybridized carbons (Fsp3) is 0.400. The number of benzene rings is 1. The van der Waals surface area contributed by atoms with Crippen molar-refractivity contribution >= 4 is 0 Å². The Morgan fingerprint density at radius 1 is 1.26 bits per heavy atom. The number of nitrogens with one attached hydrogen (secondary N) is 1. The molecule has 0 radical (unpaired) electrons. The first-order valence-corrected chi connectivity index (χ1v) is 6.32. The summed E-state index contributed by atoms with van der Waals surface area (Å²) < 4.78 is 18.8. The summed E-state index contributed by atoms with van der Waals surface area (Å²) in [5, 5.41) is 7.31. The Bertz CT molecular complexity index is 570. The van der Waals surface area contributed by atoms with Crippen molar-refractivity contribution in [1.29, 1.82) is 0 Å². The van der Waals surface area contributed by atoms with Crippen molar-refractivity contribution < 1.29 is 8.91 Å². The monoisotopic (exact) mass is 262 g/mol. The highest BCUT2D eigenvalue weighted by Crippen LogP contribution is 2.22. The van der Waals surface area contributed by atoms with Gasteiger partial charge in [0.15, 0.2) is 5.76 Å². The van der Waals surface area contributed by atoms with E-state index in [-0.39, 0.29) is 11.4 Å². The fourth-order valence-electron chi connectivity index (χ4n) is 1.63. The number of aromatic nitrogens is 1. The molecule has 1 aromatic heterocycles. The van der Waals surface area contributed by atoms with E-state index in [4.69, 9.17) is 4.52 Å². The van der Waals surface area contributed by atoms with E-state index in [2.05, 4.69) is 31.2 Å². The summed E-state index contributed by atoms with van der Waals surface area (Å²) in [4.78, 5) is 0. The third-order valence-corrected chi connectivity index (χ3v) is 2.82. The van der Waals surface area contributed by atoms with Crippen LogP contribution in [0.4, 0.5) is 4.39 Å². The zero-order valence-corrected chi connectivity index (χ0v) is 11.7. The molecule has 0 saturated heterocycles. The highest BCUT2D eigenvalue weighted by Gasteiger charge is 2.12. The van der Waals surface area contributed by atoms with Gasteiger partial charge in [-0.3, -0.25) is 0 Å². The van der Waals surface area contributed by atoms with E-state index in [0.29, 0.717) is 23.4 Å². The van der Waals surface area contributed by atoms with Gasteiger partial charge in [-0.2, -0.15) is 0 Å². The zero-order chi connectivity index (χ0) is 14.0. The first kappa shape index (κ1) is 13.7. The minimum atomic E-state index is -0.233. The fourth-order valence-corrected chi connectivity index (χ4v) is 1.63. The van der Waals surface area contributed by atoms with Gasteiger partial charge < -0.3 is 9.84 Å². The van der Waals surface area contributed by atoms with E-state index in [1.165, 1.54) is 6.07 Å². The van der Waals surface area contributed by atoms with Gasteiger partial charge in [-0.05, 0) is 39.3 Å². The summed E-state index contributed by atoms with van der Waals surface area (Å²) >= 11 is 0. The molecule has 0 aliphatic carbocycles. The van der Waals surface area contributed by atoms with E-state index in [0.717, 1.165) is 5.69 Å². The number of hydrogen-bond acceptors (Lipinski definition) is 3. The molecule has 0 aliphatic heterocycles. The van der Waals surface area contributed by atoms with Crippen molar-refractivity contribution in [2.24, 2.45) is 0 Å². The van der Waals surface area contributed by atoms with Gasteiger partial charge in [-0.15, -0.1) is 0 Å². The third-order valence-electron chi connectivity index (χ3n) is 2.82. The van der Waals surface area contributed by atoms with E-state index < -0.39 is 0 Å². The molecule has 1 aromatic carbocycles. The zero-order valence-electron chi connectivity index (χ0n) is 11.7. The molecule has 0 aliphatic rings. The van der Waals surface area contributed by atoms with Gasteiger partial charge in [0.2, 0.25) is 0 Å². The van der Waals surface area contributed by atoms with Crippen LogP contribution in [0.15, 0.2) is 28.8 Å². The van der Waals surface area contributed by atoms with Crippen molar-refractivity contribution in [1.82, 2.24) is 10.5 Å². The number of rotatable bonds is 3. The maximum absolute atomic E-state index is 13.5. The normalized spacial score (nSPS) is 11.8. The smallest absolute Gasteiger partial charge is 0.167 e. The molecule has 0 atom stereocenters. The van der Waals surface area contributed by atoms with Gasteiger partial charge in [0.1, 0.15) is 5.82 Å². The lowest BCUT2D eigenvalue weighted by Gasteiger charge is -2.19. The SMILES string of the molecule is Cc1ccc(-c2cc(CNC(C)(C)C)no2)cc1F. The number of nitrogens with zero attached hydrogens (tertiary/aromatic N) is 1. The molecule has 0 unspecified atom stereocenters. The third kappa shape index (κ3) is 3.64. The van der Waals surface area contributed by atoms with Crippen LogP contribution in [-0.4, -0.2) is 10.7 Å². The average molecular weight is 262 g/mol. The second-order valence-corrected chi connectivity index (χ2v) is 5.75. The van der Waals surface area contributed by atoms with Crippen LogP contribution in [0.2, 0.25) is 0 Å². The van der Waals surface area contributed by atoms with Crippen LogP contribution in [0.3, 0.4) is 0 Å². The molecule has 19 heavy (non-hydrogen) atoms. The Morgan fingerprint density at radius 2 is 2.00 bits per heavy atom. The Balaban J connectivity index is 2.14. The van der Waals surface area contributed by atoms with Crippen LogP contribution in [-0.2, 0) is 6.54 Å². The quantitative estimate of drug-likeness (QED) is 0.917. The lowest BCUT2D eigenvalue weighted by molar-refractivity contribution is 0.392. The molecule has 1 N–H and O–H groups in total. The Morgan fingerprint density at radius 3 is 2.63 bits per heavy atom. The standard InChI is InChI=1S/C15H19FN2O/c1-10-5-6-11(7-13(10)16)14-8-12(18-19-14)9-17-15(2,3)4/h5-8,17H,9H2,1-4H3. The second-order valence-electron chi connectivity index (χ2n) is 5.75. The summed E-state index contributed by atoms with van der Waals surface area (Å²) in [6.07, 6.45) is 0. The summed E-state index contributed by atoms with van der Waals surface area (Å²) in [7, 11) is 0. The van der Waals surface area contributed by atoms with E-state index in [1.807, 2.05) is 12.1 Å². The molecule has 0 fully saturated rings. The lowest BCUT2D eigenvalue weighted by Crippen LogP contribution is -2.35. The summed E-state index contributed by atoms with van der Waals surface area (Å²) in [6.45, 7) is 8.62. The van der Waals surface area contributed by atoms with E-state index in [1.54, 1.807) is 13.0 Å². The molecule has 0 bridgehead atoms. The molecule has 0 saturated carbocycles. The highest BCUT2D eigenvalue weighted by atomic mass is 19.1. The molecule has 2 rings (SSSR count). The molecule has 102 valence electrons. The Labute approximate surface area is 112 Å². The number of aryl methyl sites for hydroxylation is 1. The molecule has 0 amide bonds. The van der Waals surface area contributed by atoms with Crippen molar-refractivity contribution in [3.63, 3.8) is 0 Å². The Hall–Kier alpha value is -1.68. The molecular weight excluding hydrogens is 243 g/mol. The minimum absolute atomic E-state index is 0.0229. The van der Waals surface area contributed by atoms with Crippen LogP contribution in [0.25, 0.3) is 11.3 Å². The molecule has 4 heteroatoms.